The molecule has 0 saturated carbocycles. The van der Waals surface area contributed by atoms with Gasteiger partial charge in [-0.15, -0.1) is 5.10 Å². The van der Waals surface area contributed by atoms with Crippen LogP contribution in [0, 0.1) is 0 Å². The molecule has 0 bridgehead atoms. The number of nitrogens with zero attached hydrogens (tertiary/aromatic N) is 5. The zero-order chi connectivity index (χ0) is 18.6. The standard InChI is InChI=1S/C18H13ClN6OS/c19-14-8-6-13(7-9-14)16-22-18(24-23-16)27-17(25-11-20-10-21-25)15(26)12-4-2-1-3-5-12/h1-11,17H,(H,22,23,24)/t17-/m1/s1. The average molecular weight is 397 g/mol. The van der Waals surface area contributed by atoms with Gasteiger partial charge in [-0.3, -0.25) is 9.89 Å². The normalized spacial score (nSPS) is 12.0. The predicted molar refractivity (Wildman–Crippen MR) is 103 cm³/mol. The van der Waals surface area contributed by atoms with Gasteiger partial charge in [0.2, 0.25) is 5.16 Å². The quantitative estimate of drug-likeness (QED) is 0.393. The Morgan fingerprint density at radius 3 is 2.59 bits per heavy atom. The molecule has 1 atom stereocenters. The number of aromatic nitrogens is 6. The molecule has 2 heterocycles. The Morgan fingerprint density at radius 2 is 1.89 bits per heavy atom. The largest absolute Gasteiger partial charge is 0.291 e. The Bertz CT molecular complexity index is 1030. The summed E-state index contributed by atoms with van der Waals surface area (Å²) in [5, 5.41) is 11.6. The lowest BCUT2D eigenvalue weighted by atomic mass is 10.1. The maximum atomic E-state index is 13.0. The maximum Gasteiger partial charge on any atom is 0.211 e. The van der Waals surface area contributed by atoms with Crippen LogP contribution in [0.3, 0.4) is 0 Å². The highest BCUT2D eigenvalue weighted by molar-refractivity contribution is 7.99. The van der Waals surface area contributed by atoms with Crippen LogP contribution in [-0.2, 0) is 0 Å². The van der Waals surface area contributed by atoms with Crippen LogP contribution in [-0.4, -0.2) is 35.7 Å². The SMILES string of the molecule is O=C(c1ccccc1)[C@@H](Sc1n[nH]c(-c2ccc(Cl)cc2)n1)n1cncn1. The van der Waals surface area contributed by atoms with Crippen LogP contribution in [0.5, 0.6) is 0 Å². The highest BCUT2D eigenvalue weighted by atomic mass is 35.5. The summed E-state index contributed by atoms with van der Waals surface area (Å²) in [5.41, 5.74) is 1.43. The van der Waals surface area contributed by atoms with Gasteiger partial charge < -0.3 is 0 Å². The lowest BCUT2D eigenvalue weighted by Crippen LogP contribution is -2.17. The molecule has 27 heavy (non-hydrogen) atoms. The van der Waals surface area contributed by atoms with E-state index in [1.54, 1.807) is 24.3 Å². The molecule has 0 aliphatic carbocycles. The van der Waals surface area contributed by atoms with Gasteiger partial charge in [0.1, 0.15) is 12.7 Å². The lowest BCUT2D eigenvalue weighted by molar-refractivity contribution is 0.0962. The number of benzene rings is 2. The fourth-order valence-corrected chi connectivity index (χ4v) is 3.47. The van der Waals surface area contributed by atoms with Crippen LogP contribution in [0.25, 0.3) is 11.4 Å². The van der Waals surface area contributed by atoms with Crippen LogP contribution >= 0.6 is 23.4 Å². The van der Waals surface area contributed by atoms with Crippen molar-refractivity contribution in [1.29, 1.82) is 0 Å². The molecule has 0 amide bonds. The van der Waals surface area contributed by atoms with Gasteiger partial charge in [0, 0.05) is 16.1 Å². The van der Waals surface area contributed by atoms with Gasteiger partial charge in [-0.1, -0.05) is 41.9 Å². The van der Waals surface area contributed by atoms with Crippen molar-refractivity contribution in [3.63, 3.8) is 0 Å². The summed E-state index contributed by atoms with van der Waals surface area (Å²) in [7, 11) is 0. The molecule has 0 fully saturated rings. The van der Waals surface area contributed by atoms with E-state index < -0.39 is 5.37 Å². The summed E-state index contributed by atoms with van der Waals surface area (Å²) in [6.45, 7) is 0. The number of thioether (sulfide) groups is 1. The van der Waals surface area contributed by atoms with Crippen molar-refractivity contribution in [2.24, 2.45) is 0 Å². The third-order valence-corrected chi connectivity index (χ3v) is 5.06. The van der Waals surface area contributed by atoms with Gasteiger partial charge in [-0.2, -0.15) is 5.10 Å². The van der Waals surface area contributed by atoms with Crippen LogP contribution in [0.1, 0.15) is 15.7 Å². The maximum absolute atomic E-state index is 13.0. The van der Waals surface area contributed by atoms with E-state index >= 15 is 0 Å². The number of hydrogen-bond acceptors (Lipinski definition) is 6. The first-order chi connectivity index (χ1) is 13.2. The summed E-state index contributed by atoms with van der Waals surface area (Å²) in [6, 6.07) is 16.3. The molecule has 0 saturated heterocycles. The minimum Gasteiger partial charge on any atom is -0.291 e. The zero-order valence-corrected chi connectivity index (χ0v) is 15.4. The molecular formula is C18H13ClN6OS. The highest BCUT2D eigenvalue weighted by Crippen LogP contribution is 2.32. The molecule has 2 aromatic heterocycles. The molecule has 0 radical (unpaired) electrons. The highest BCUT2D eigenvalue weighted by Gasteiger charge is 2.26. The number of halogens is 1. The van der Waals surface area contributed by atoms with Crippen molar-refractivity contribution in [1.82, 2.24) is 29.9 Å². The fraction of sp³-hybridized carbons (Fsp3) is 0.0556. The fourth-order valence-electron chi connectivity index (χ4n) is 2.45. The Labute approximate surface area is 163 Å². The summed E-state index contributed by atoms with van der Waals surface area (Å²) in [6.07, 6.45) is 2.90. The molecule has 7 nitrogen and oxygen atoms in total. The van der Waals surface area contributed by atoms with Gasteiger partial charge >= 0.3 is 0 Å². The number of Topliss-reactive ketones (excluding diaryl/α,β-unsaturated/α-hetero) is 1. The number of carbonyl (C=O) groups is 1. The monoisotopic (exact) mass is 396 g/mol. The van der Waals surface area contributed by atoms with E-state index in [4.69, 9.17) is 11.6 Å². The van der Waals surface area contributed by atoms with E-state index in [2.05, 4.69) is 25.3 Å². The van der Waals surface area contributed by atoms with E-state index in [1.807, 2.05) is 30.3 Å². The van der Waals surface area contributed by atoms with Crippen LogP contribution in [0.4, 0.5) is 0 Å². The van der Waals surface area contributed by atoms with E-state index in [1.165, 1.54) is 29.1 Å². The topological polar surface area (TPSA) is 89.4 Å². The Morgan fingerprint density at radius 1 is 1.11 bits per heavy atom. The van der Waals surface area contributed by atoms with Crippen molar-refractivity contribution in [2.75, 3.05) is 0 Å². The van der Waals surface area contributed by atoms with Gasteiger partial charge in [0.05, 0.1) is 0 Å². The van der Waals surface area contributed by atoms with Crippen molar-refractivity contribution in [2.45, 2.75) is 10.5 Å². The second-order valence-electron chi connectivity index (χ2n) is 5.55. The molecule has 0 spiro atoms. The summed E-state index contributed by atoms with van der Waals surface area (Å²) < 4.78 is 1.50. The Kier molecular flexibility index (Phi) is 4.99. The van der Waals surface area contributed by atoms with E-state index in [0.29, 0.717) is 21.6 Å². The summed E-state index contributed by atoms with van der Waals surface area (Å²) in [4.78, 5) is 21.4. The first-order valence-corrected chi connectivity index (χ1v) is 9.25. The van der Waals surface area contributed by atoms with Crippen molar-refractivity contribution in [3.05, 3.63) is 77.8 Å². The Balaban J connectivity index is 1.61. The third-order valence-electron chi connectivity index (χ3n) is 3.76. The van der Waals surface area contributed by atoms with E-state index in [9.17, 15) is 4.79 Å². The second kappa shape index (κ2) is 7.73. The van der Waals surface area contributed by atoms with Crippen molar-refractivity contribution in [3.8, 4) is 11.4 Å². The van der Waals surface area contributed by atoms with Gasteiger partial charge in [-0.25, -0.2) is 14.6 Å². The molecule has 2 aromatic carbocycles. The molecule has 4 rings (SSSR count). The second-order valence-corrected chi connectivity index (χ2v) is 7.03. The molecule has 9 heteroatoms. The average Bonchev–Trinajstić information content (AvgIpc) is 3.39. The summed E-state index contributed by atoms with van der Waals surface area (Å²) >= 11 is 7.12. The smallest absolute Gasteiger partial charge is 0.211 e. The van der Waals surface area contributed by atoms with Gasteiger partial charge in [-0.05, 0) is 36.0 Å². The van der Waals surface area contributed by atoms with Crippen LogP contribution in [0.15, 0.2) is 72.4 Å². The molecule has 4 aromatic rings. The van der Waals surface area contributed by atoms with Crippen molar-refractivity contribution >= 4 is 29.1 Å². The minimum atomic E-state index is -0.663. The van der Waals surface area contributed by atoms with Crippen LogP contribution < -0.4 is 0 Å². The number of ketones is 1. The zero-order valence-electron chi connectivity index (χ0n) is 13.9. The van der Waals surface area contributed by atoms with Crippen molar-refractivity contribution < 1.29 is 4.79 Å². The minimum absolute atomic E-state index is 0.107. The lowest BCUT2D eigenvalue weighted by Gasteiger charge is -2.13. The van der Waals surface area contributed by atoms with Gasteiger partial charge in [0.25, 0.3) is 0 Å². The van der Waals surface area contributed by atoms with E-state index in [0.717, 1.165) is 5.56 Å². The Hall–Kier alpha value is -2.97. The number of nitrogens with one attached hydrogen (secondary N) is 1. The molecule has 1 N–H and O–H groups in total. The first-order valence-electron chi connectivity index (χ1n) is 7.99. The molecule has 0 unspecified atom stereocenters. The van der Waals surface area contributed by atoms with E-state index in [-0.39, 0.29) is 5.78 Å². The summed E-state index contributed by atoms with van der Waals surface area (Å²) in [5.74, 6) is 0.489. The first kappa shape index (κ1) is 17.4. The molecule has 134 valence electrons. The number of H-pyrrole nitrogens is 1. The predicted octanol–water partition coefficient (Wildman–Crippen LogP) is 3.89. The number of hydrogen-bond donors (Lipinski definition) is 1. The molecule has 0 aliphatic heterocycles. The number of rotatable bonds is 6. The molecule has 0 aliphatic rings. The van der Waals surface area contributed by atoms with Crippen LogP contribution in [0.2, 0.25) is 5.02 Å². The third kappa shape index (κ3) is 3.91. The number of aromatic amines is 1. The number of carbonyl (C=O) groups excluding carboxylic acids is 1. The molecular weight excluding hydrogens is 384 g/mol. The van der Waals surface area contributed by atoms with Gasteiger partial charge in [0.15, 0.2) is 17.0 Å².